The molecule has 2 amide bonds. The van der Waals surface area contributed by atoms with Crippen LogP contribution in [-0.2, 0) is 11.1 Å². The smallest absolute Gasteiger partial charge is 0.266 e. The molecule has 25 heavy (non-hydrogen) atoms. The highest BCUT2D eigenvalue weighted by Crippen LogP contribution is 2.46. The summed E-state index contributed by atoms with van der Waals surface area (Å²) in [6.07, 6.45) is 0. The van der Waals surface area contributed by atoms with Gasteiger partial charge in [-0.3, -0.25) is 14.9 Å². The van der Waals surface area contributed by atoms with E-state index in [1.54, 1.807) is 12.1 Å². The molecule has 2 aliphatic heterocycles. The monoisotopic (exact) mass is 334 g/mol. The Morgan fingerprint density at radius 2 is 1.56 bits per heavy atom. The SMILES string of the molecule is Cc1c2c(cc3c1C(C)(C)NC3(C)C)C(=O)N(c1ccccc1)C2=O. The first-order valence-corrected chi connectivity index (χ1v) is 8.57. The molecule has 4 rings (SSSR count). The molecule has 0 fully saturated rings. The predicted molar refractivity (Wildman–Crippen MR) is 97.9 cm³/mol. The van der Waals surface area contributed by atoms with Gasteiger partial charge < -0.3 is 0 Å². The normalized spacial score (nSPS) is 20.0. The molecule has 0 unspecified atom stereocenters. The second kappa shape index (κ2) is 4.79. The van der Waals surface area contributed by atoms with Crippen molar-refractivity contribution in [3.05, 3.63) is 64.2 Å². The molecule has 2 aromatic rings. The number of hydrogen-bond donors (Lipinski definition) is 1. The Hall–Kier alpha value is -2.46. The van der Waals surface area contributed by atoms with Crippen LogP contribution in [0.5, 0.6) is 0 Å². The first kappa shape index (κ1) is 16.0. The zero-order valence-corrected chi connectivity index (χ0v) is 15.2. The average molecular weight is 334 g/mol. The van der Waals surface area contributed by atoms with Gasteiger partial charge in [-0.05, 0) is 69.5 Å². The summed E-state index contributed by atoms with van der Waals surface area (Å²) < 4.78 is 0. The van der Waals surface area contributed by atoms with Crippen molar-refractivity contribution >= 4 is 17.5 Å². The maximum absolute atomic E-state index is 13.1. The van der Waals surface area contributed by atoms with Gasteiger partial charge in [-0.25, -0.2) is 4.90 Å². The summed E-state index contributed by atoms with van der Waals surface area (Å²) in [4.78, 5) is 27.4. The Morgan fingerprint density at radius 1 is 0.920 bits per heavy atom. The van der Waals surface area contributed by atoms with Crippen LogP contribution in [0.2, 0.25) is 0 Å². The lowest BCUT2D eigenvalue weighted by atomic mass is 9.83. The minimum atomic E-state index is -0.249. The first-order chi connectivity index (χ1) is 11.6. The molecule has 0 radical (unpaired) electrons. The summed E-state index contributed by atoms with van der Waals surface area (Å²) in [7, 11) is 0. The van der Waals surface area contributed by atoms with E-state index in [1.165, 1.54) is 4.90 Å². The van der Waals surface area contributed by atoms with Gasteiger partial charge in [0.15, 0.2) is 0 Å². The third-order valence-corrected chi connectivity index (χ3v) is 5.37. The van der Waals surface area contributed by atoms with Crippen LogP contribution in [0, 0.1) is 6.92 Å². The molecule has 2 aromatic carbocycles. The van der Waals surface area contributed by atoms with Crippen molar-refractivity contribution in [2.75, 3.05) is 4.90 Å². The summed E-state index contributed by atoms with van der Waals surface area (Å²) in [5.41, 5.74) is 4.32. The van der Waals surface area contributed by atoms with Gasteiger partial charge in [-0.2, -0.15) is 0 Å². The van der Waals surface area contributed by atoms with Gasteiger partial charge in [0.2, 0.25) is 0 Å². The molecule has 0 spiro atoms. The predicted octanol–water partition coefficient (Wildman–Crippen LogP) is 3.87. The number of para-hydroxylation sites is 1. The van der Waals surface area contributed by atoms with Crippen LogP contribution >= 0.6 is 0 Å². The van der Waals surface area contributed by atoms with Crippen LogP contribution in [-0.4, -0.2) is 11.8 Å². The van der Waals surface area contributed by atoms with Crippen molar-refractivity contribution in [3.63, 3.8) is 0 Å². The Balaban J connectivity index is 1.96. The topological polar surface area (TPSA) is 49.4 Å². The minimum Gasteiger partial charge on any atom is -0.299 e. The number of carbonyl (C=O) groups excluding carboxylic acids is 2. The first-order valence-electron chi connectivity index (χ1n) is 8.57. The van der Waals surface area contributed by atoms with E-state index in [4.69, 9.17) is 0 Å². The molecule has 0 saturated heterocycles. The largest absolute Gasteiger partial charge is 0.299 e. The van der Waals surface area contributed by atoms with E-state index in [0.717, 1.165) is 16.7 Å². The fourth-order valence-corrected chi connectivity index (χ4v) is 4.61. The number of nitrogens with zero attached hydrogens (tertiary/aromatic N) is 1. The minimum absolute atomic E-state index is 0.230. The molecule has 4 heteroatoms. The van der Waals surface area contributed by atoms with Gasteiger partial charge in [0.05, 0.1) is 16.8 Å². The number of rotatable bonds is 1. The van der Waals surface area contributed by atoms with E-state index in [9.17, 15) is 9.59 Å². The van der Waals surface area contributed by atoms with E-state index in [0.29, 0.717) is 16.8 Å². The van der Waals surface area contributed by atoms with Crippen LogP contribution in [0.4, 0.5) is 5.69 Å². The maximum atomic E-state index is 13.1. The maximum Gasteiger partial charge on any atom is 0.266 e. The highest BCUT2D eigenvalue weighted by atomic mass is 16.2. The quantitative estimate of drug-likeness (QED) is 0.806. The number of nitrogens with one attached hydrogen (secondary N) is 1. The van der Waals surface area contributed by atoms with Crippen molar-refractivity contribution in [1.82, 2.24) is 5.32 Å². The molecule has 0 bridgehead atoms. The summed E-state index contributed by atoms with van der Waals surface area (Å²) in [6.45, 7) is 10.4. The van der Waals surface area contributed by atoms with Crippen molar-refractivity contribution in [2.24, 2.45) is 0 Å². The van der Waals surface area contributed by atoms with Crippen LogP contribution in [0.25, 0.3) is 0 Å². The van der Waals surface area contributed by atoms with Gasteiger partial charge >= 0.3 is 0 Å². The lowest BCUT2D eigenvalue weighted by Gasteiger charge is -2.26. The van der Waals surface area contributed by atoms with E-state index in [2.05, 4.69) is 33.0 Å². The molecule has 128 valence electrons. The highest BCUT2D eigenvalue weighted by molar-refractivity contribution is 6.35. The Labute approximate surface area is 147 Å². The van der Waals surface area contributed by atoms with Crippen LogP contribution in [0.1, 0.15) is 65.1 Å². The lowest BCUT2D eigenvalue weighted by Crippen LogP contribution is -2.40. The van der Waals surface area contributed by atoms with Gasteiger partial charge in [0.25, 0.3) is 11.8 Å². The van der Waals surface area contributed by atoms with E-state index < -0.39 is 0 Å². The third-order valence-electron chi connectivity index (χ3n) is 5.37. The number of anilines is 1. The summed E-state index contributed by atoms with van der Waals surface area (Å²) in [5, 5.41) is 3.61. The Kier molecular flexibility index (Phi) is 3.07. The van der Waals surface area contributed by atoms with Gasteiger partial charge in [0, 0.05) is 11.1 Å². The number of imide groups is 1. The van der Waals surface area contributed by atoms with Crippen molar-refractivity contribution in [1.29, 1.82) is 0 Å². The molecule has 0 atom stereocenters. The zero-order chi connectivity index (χ0) is 18.1. The van der Waals surface area contributed by atoms with Crippen molar-refractivity contribution < 1.29 is 9.59 Å². The van der Waals surface area contributed by atoms with Gasteiger partial charge in [-0.15, -0.1) is 0 Å². The number of hydrogen-bond acceptors (Lipinski definition) is 3. The van der Waals surface area contributed by atoms with Crippen molar-refractivity contribution in [3.8, 4) is 0 Å². The fourth-order valence-electron chi connectivity index (χ4n) is 4.61. The van der Waals surface area contributed by atoms with E-state index >= 15 is 0 Å². The van der Waals surface area contributed by atoms with Crippen LogP contribution < -0.4 is 10.2 Å². The Morgan fingerprint density at radius 3 is 2.20 bits per heavy atom. The highest BCUT2D eigenvalue weighted by Gasteiger charge is 2.47. The van der Waals surface area contributed by atoms with E-state index in [-0.39, 0.29) is 22.9 Å². The molecule has 1 N–H and O–H groups in total. The molecular formula is C21H22N2O2. The number of amides is 2. The standard InChI is InChI=1S/C21H22N2O2/c1-12-16-14(11-15-17(12)21(4,5)22-20(15,2)3)18(24)23(19(16)25)13-9-7-6-8-10-13/h6-11,22H,1-5H3. The molecule has 0 aromatic heterocycles. The number of fused-ring (bicyclic) bond motifs is 2. The molecule has 0 saturated carbocycles. The molecule has 0 aliphatic carbocycles. The fraction of sp³-hybridized carbons (Fsp3) is 0.333. The van der Waals surface area contributed by atoms with Crippen LogP contribution in [0.3, 0.4) is 0 Å². The molecule has 2 aliphatic rings. The second-order valence-corrected chi connectivity index (χ2v) is 8.00. The number of benzene rings is 2. The second-order valence-electron chi connectivity index (χ2n) is 8.00. The molecule has 2 heterocycles. The van der Waals surface area contributed by atoms with Crippen LogP contribution in [0.15, 0.2) is 36.4 Å². The van der Waals surface area contributed by atoms with Gasteiger partial charge in [-0.1, -0.05) is 18.2 Å². The summed E-state index contributed by atoms with van der Waals surface area (Å²) in [5.74, 6) is -0.468. The molecule has 4 nitrogen and oxygen atoms in total. The average Bonchev–Trinajstić information content (AvgIpc) is 2.88. The zero-order valence-electron chi connectivity index (χ0n) is 15.2. The Bertz CT molecular complexity index is 927. The third kappa shape index (κ3) is 2.04. The van der Waals surface area contributed by atoms with Gasteiger partial charge in [0.1, 0.15) is 0 Å². The summed E-state index contributed by atoms with van der Waals surface area (Å²) >= 11 is 0. The van der Waals surface area contributed by atoms with E-state index in [1.807, 2.05) is 31.2 Å². The van der Waals surface area contributed by atoms with Crippen molar-refractivity contribution in [2.45, 2.75) is 45.7 Å². The lowest BCUT2D eigenvalue weighted by molar-refractivity contribution is 0.0926. The summed E-state index contributed by atoms with van der Waals surface area (Å²) in [6, 6.07) is 11.0. The number of carbonyl (C=O) groups is 2. The molecular weight excluding hydrogens is 312 g/mol.